The van der Waals surface area contributed by atoms with E-state index in [1.165, 1.54) is 29.9 Å². The molecule has 112 valence electrons. The van der Waals surface area contributed by atoms with Crippen LogP contribution >= 0.6 is 0 Å². The summed E-state index contributed by atoms with van der Waals surface area (Å²) in [5, 5.41) is 8.16. The SMILES string of the molecule is CC(=O)Nc1ccn2ncc(C(=O)NCC(F)(F)F)c2c1. The molecule has 9 heteroatoms. The summed E-state index contributed by atoms with van der Waals surface area (Å²) in [5.41, 5.74) is 0.702. The zero-order chi connectivity index (χ0) is 15.6. The Kier molecular flexibility index (Phi) is 3.83. The number of aromatic nitrogens is 2. The molecule has 2 N–H and O–H groups in total. The zero-order valence-corrected chi connectivity index (χ0v) is 10.9. The lowest BCUT2D eigenvalue weighted by Crippen LogP contribution is -2.33. The van der Waals surface area contributed by atoms with Gasteiger partial charge in [0, 0.05) is 18.8 Å². The van der Waals surface area contributed by atoms with Gasteiger partial charge in [-0.1, -0.05) is 0 Å². The molecule has 0 saturated heterocycles. The van der Waals surface area contributed by atoms with E-state index in [0.717, 1.165) is 0 Å². The number of halogens is 3. The molecule has 2 aromatic heterocycles. The van der Waals surface area contributed by atoms with Crippen molar-refractivity contribution in [3.8, 4) is 0 Å². The van der Waals surface area contributed by atoms with Crippen LogP contribution in [0.1, 0.15) is 17.3 Å². The highest BCUT2D eigenvalue weighted by atomic mass is 19.4. The molecular formula is C12H11F3N4O2. The molecule has 0 bridgehead atoms. The van der Waals surface area contributed by atoms with E-state index in [9.17, 15) is 22.8 Å². The molecule has 0 aromatic carbocycles. The van der Waals surface area contributed by atoms with E-state index in [4.69, 9.17) is 0 Å². The van der Waals surface area contributed by atoms with Gasteiger partial charge in [0.05, 0.1) is 17.3 Å². The summed E-state index contributed by atoms with van der Waals surface area (Å²) >= 11 is 0. The predicted octanol–water partition coefficient (Wildman–Crippen LogP) is 1.58. The number of fused-ring (bicyclic) bond motifs is 1. The van der Waals surface area contributed by atoms with Crippen LogP contribution in [0.4, 0.5) is 18.9 Å². The van der Waals surface area contributed by atoms with E-state index < -0.39 is 18.6 Å². The van der Waals surface area contributed by atoms with Gasteiger partial charge in [-0.3, -0.25) is 9.59 Å². The predicted molar refractivity (Wildman–Crippen MR) is 67.9 cm³/mol. The lowest BCUT2D eigenvalue weighted by molar-refractivity contribution is -0.123. The Balaban J connectivity index is 2.27. The van der Waals surface area contributed by atoms with Gasteiger partial charge in [-0.15, -0.1) is 0 Å². The van der Waals surface area contributed by atoms with Crippen molar-refractivity contribution >= 4 is 23.0 Å². The lowest BCUT2D eigenvalue weighted by atomic mass is 10.2. The Hall–Kier alpha value is -2.58. The fraction of sp³-hybridized carbons (Fsp3) is 0.250. The van der Waals surface area contributed by atoms with E-state index >= 15 is 0 Å². The number of carbonyl (C=O) groups is 2. The number of alkyl halides is 3. The van der Waals surface area contributed by atoms with Gasteiger partial charge < -0.3 is 10.6 Å². The second kappa shape index (κ2) is 5.43. The smallest absolute Gasteiger partial charge is 0.343 e. The van der Waals surface area contributed by atoms with Gasteiger partial charge in [-0.05, 0) is 12.1 Å². The number of hydrogen-bond donors (Lipinski definition) is 2. The third-order valence-corrected chi connectivity index (χ3v) is 2.54. The first-order valence-corrected chi connectivity index (χ1v) is 5.86. The molecule has 0 fully saturated rings. The van der Waals surface area contributed by atoms with Gasteiger partial charge in [-0.2, -0.15) is 18.3 Å². The maximum Gasteiger partial charge on any atom is 0.405 e. The third-order valence-electron chi connectivity index (χ3n) is 2.54. The van der Waals surface area contributed by atoms with Crippen LogP contribution in [0, 0.1) is 0 Å². The molecule has 0 spiro atoms. The minimum absolute atomic E-state index is 0.00791. The molecular weight excluding hydrogens is 289 g/mol. The normalized spacial score (nSPS) is 11.4. The molecule has 0 unspecified atom stereocenters. The van der Waals surface area contributed by atoms with Crippen LogP contribution in [0.15, 0.2) is 24.5 Å². The van der Waals surface area contributed by atoms with E-state index in [-0.39, 0.29) is 11.5 Å². The maximum absolute atomic E-state index is 12.1. The average Bonchev–Trinajstić information content (AvgIpc) is 2.77. The van der Waals surface area contributed by atoms with Crippen LogP contribution in [0.5, 0.6) is 0 Å². The van der Waals surface area contributed by atoms with Gasteiger partial charge in [0.25, 0.3) is 5.91 Å². The Bertz CT molecular complexity index is 693. The van der Waals surface area contributed by atoms with Crippen molar-refractivity contribution < 1.29 is 22.8 Å². The van der Waals surface area contributed by atoms with Crippen molar-refractivity contribution in [3.05, 3.63) is 30.1 Å². The number of pyridine rings is 1. The first-order valence-electron chi connectivity index (χ1n) is 5.86. The fourth-order valence-corrected chi connectivity index (χ4v) is 1.71. The molecule has 0 aliphatic rings. The summed E-state index contributed by atoms with van der Waals surface area (Å²) in [6.45, 7) is -0.105. The summed E-state index contributed by atoms with van der Waals surface area (Å²) in [7, 11) is 0. The Morgan fingerprint density at radius 3 is 2.71 bits per heavy atom. The Morgan fingerprint density at radius 1 is 1.38 bits per heavy atom. The minimum Gasteiger partial charge on any atom is -0.343 e. The first-order chi connectivity index (χ1) is 9.76. The van der Waals surface area contributed by atoms with Crippen molar-refractivity contribution in [3.63, 3.8) is 0 Å². The van der Waals surface area contributed by atoms with E-state index in [2.05, 4.69) is 10.4 Å². The molecule has 2 amide bonds. The minimum atomic E-state index is -4.49. The van der Waals surface area contributed by atoms with E-state index in [1.54, 1.807) is 11.4 Å². The van der Waals surface area contributed by atoms with Crippen LogP contribution in [0.25, 0.3) is 5.52 Å². The van der Waals surface area contributed by atoms with Gasteiger partial charge in [0.1, 0.15) is 6.54 Å². The Labute approximate surface area is 116 Å². The second-order valence-corrected chi connectivity index (χ2v) is 4.28. The van der Waals surface area contributed by atoms with Gasteiger partial charge in [0.15, 0.2) is 0 Å². The largest absolute Gasteiger partial charge is 0.405 e. The number of nitrogens with zero attached hydrogens (tertiary/aromatic N) is 2. The summed E-state index contributed by atoms with van der Waals surface area (Å²) < 4.78 is 37.6. The molecule has 2 heterocycles. The number of amides is 2. The summed E-state index contributed by atoms with van der Waals surface area (Å²) in [5.74, 6) is -1.19. The van der Waals surface area contributed by atoms with Gasteiger partial charge in [0.2, 0.25) is 5.91 Å². The number of carbonyl (C=O) groups excluding carboxylic acids is 2. The van der Waals surface area contributed by atoms with Crippen molar-refractivity contribution in [1.82, 2.24) is 14.9 Å². The van der Waals surface area contributed by atoms with Gasteiger partial charge >= 0.3 is 6.18 Å². The number of anilines is 1. The molecule has 0 atom stereocenters. The molecule has 6 nitrogen and oxygen atoms in total. The fourth-order valence-electron chi connectivity index (χ4n) is 1.71. The van der Waals surface area contributed by atoms with Crippen LogP contribution in [-0.2, 0) is 4.79 Å². The molecule has 0 aliphatic carbocycles. The molecule has 0 saturated carbocycles. The quantitative estimate of drug-likeness (QED) is 0.903. The van der Waals surface area contributed by atoms with Crippen molar-refractivity contribution in [1.29, 1.82) is 0 Å². The summed E-state index contributed by atoms with van der Waals surface area (Å²) in [4.78, 5) is 22.7. The number of nitrogens with one attached hydrogen (secondary N) is 2. The molecule has 0 radical (unpaired) electrons. The standard InChI is InChI=1S/C12H11F3N4O2/c1-7(20)18-8-2-3-19-10(4-8)9(5-17-19)11(21)16-6-12(13,14)15/h2-5H,6H2,1H3,(H,16,21)(H,18,20). The average molecular weight is 300 g/mol. The summed E-state index contributed by atoms with van der Waals surface area (Å²) in [6, 6.07) is 3.01. The van der Waals surface area contributed by atoms with Crippen LogP contribution < -0.4 is 10.6 Å². The summed E-state index contributed by atoms with van der Waals surface area (Å²) in [6.07, 6.45) is -1.83. The zero-order valence-electron chi connectivity index (χ0n) is 10.9. The molecule has 2 aromatic rings. The molecule has 2 rings (SSSR count). The van der Waals surface area contributed by atoms with Crippen LogP contribution in [0.2, 0.25) is 0 Å². The van der Waals surface area contributed by atoms with Crippen LogP contribution in [-0.4, -0.2) is 34.1 Å². The highest BCUT2D eigenvalue weighted by Gasteiger charge is 2.28. The maximum atomic E-state index is 12.1. The van der Waals surface area contributed by atoms with E-state index in [1.807, 2.05) is 0 Å². The lowest BCUT2D eigenvalue weighted by Gasteiger charge is -2.08. The highest BCUT2D eigenvalue weighted by molar-refractivity contribution is 6.01. The topological polar surface area (TPSA) is 75.5 Å². The van der Waals surface area contributed by atoms with Gasteiger partial charge in [-0.25, -0.2) is 4.52 Å². The second-order valence-electron chi connectivity index (χ2n) is 4.28. The molecule has 21 heavy (non-hydrogen) atoms. The third kappa shape index (κ3) is 3.71. The van der Waals surface area contributed by atoms with Crippen LogP contribution in [0.3, 0.4) is 0 Å². The monoisotopic (exact) mass is 300 g/mol. The highest BCUT2D eigenvalue weighted by Crippen LogP contribution is 2.17. The van der Waals surface area contributed by atoms with Crippen molar-refractivity contribution in [2.45, 2.75) is 13.1 Å². The first kappa shape index (κ1) is 14.8. The molecule has 0 aliphatic heterocycles. The van der Waals surface area contributed by atoms with Crippen molar-refractivity contribution in [2.24, 2.45) is 0 Å². The number of rotatable bonds is 3. The van der Waals surface area contributed by atoms with E-state index in [0.29, 0.717) is 11.2 Å². The number of hydrogen-bond acceptors (Lipinski definition) is 3. The van der Waals surface area contributed by atoms with Crippen molar-refractivity contribution in [2.75, 3.05) is 11.9 Å². The Morgan fingerprint density at radius 2 is 2.10 bits per heavy atom.